The van der Waals surface area contributed by atoms with Gasteiger partial charge in [0.2, 0.25) is 11.2 Å². The largest absolute Gasteiger partial charge is 0.506 e. The van der Waals surface area contributed by atoms with E-state index < -0.39 is 25.6 Å². The molecule has 320 valence electrons. The summed E-state index contributed by atoms with van der Waals surface area (Å²) in [7, 11) is -0.109. The number of phenolic OH excluding ortho intramolecular Hbond substituents is 1. The number of rotatable bonds is 16. The van der Waals surface area contributed by atoms with Crippen molar-refractivity contribution < 1.29 is 24.2 Å². The number of hydrogen-bond donors (Lipinski definition) is 4. The number of aliphatic hydroxyl groups is 1. The summed E-state index contributed by atoms with van der Waals surface area (Å²) in [5.74, 6) is -0.559. The van der Waals surface area contributed by atoms with Gasteiger partial charge in [0, 0.05) is 53.2 Å². The van der Waals surface area contributed by atoms with Crippen molar-refractivity contribution >= 4 is 58.8 Å². The predicted octanol–water partition coefficient (Wildman–Crippen LogP) is 9.45. The van der Waals surface area contributed by atoms with Crippen LogP contribution in [0.4, 0.5) is 0 Å². The fourth-order valence-corrected chi connectivity index (χ4v) is 11.7. The number of carbonyl (C=O) groups is 1. The van der Waals surface area contributed by atoms with Gasteiger partial charge in [-0.15, -0.1) is 22.7 Å². The molecule has 0 bridgehead atoms. The number of fused-ring (bicyclic) bond motifs is 2. The molecule has 1 unspecified atom stereocenters. The van der Waals surface area contributed by atoms with Gasteiger partial charge in [-0.25, -0.2) is 4.79 Å². The lowest BCUT2D eigenvalue weighted by molar-refractivity contribution is -0.169. The van der Waals surface area contributed by atoms with E-state index in [-0.39, 0.29) is 22.5 Å². The fraction of sp³-hybridized carbons (Fsp3) is 0.447. The van der Waals surface area contributed by atoms with Crippen LogP contribution in [0.3, 0.4) is 0 Å². The number of benzene rings is 2. The first kappa shape index (κ1) is 44.0. The molecule has 0 saturated heterocycles. The van der Waals surface area contributed by atoms with Crippen LogP contribution < -0.4 is 10.9 Å². The summed E-state index contributed by atoms with van der Waals surface area (Å²) in [5.41, 5.74) is 0.844. The van der Waals surface area contributed by atoms with Gasteiger partial charge in [0.1, 0.15) is 17.6 Å². The zero-order valence-corrected chi connectivity index (χ0v) is 38.6. The van der Waals surface area contributed by atoms with E-state index >= 15 is 0 Å². The normalized spacial score (nSPS) is 17.7. The summed E-state index contributed by atoms with van der Waals surface area (Å²) in [6.07, 6.45) is 7.47. The van der Waals surface area contributed by atoms with E-state index in [2.05, 4.69) is 98.1 Å². The number of aryl methyl sites for hydroxylation is 1. The second kappa shape index (κ2) is 17.7. The minimum Gasteiger partial charge on any atom is -0.506 e. The van der Waals surface area contributed by atoms with Crippen molar-refractivity contribution in [3.63, 3.8) is 0 Å². The van der Waals surface area contributed by atoms with Crippen molar-refractivity contribution in [3.8, 4) is 5.75 Å². The van der Waals surface area contributed by atoms with E-state index in [1.165, 1.54) is 45.2 Å². The Kier molecular flexibility index (Phi) is 13.0. The molecule has 4 aromatic heterocycles. The lowest BCUT2D eigenvalue weighted by atomic mass is 9.91. The number of hydrogen-bond acceptors (Lipinski definition) is 10. The maximum Gasteiger partial charge on any atom is 0.349 e. The fourth-order valence-electron chi connectivity index (χ4n) is 8.46. The monoisotopic (exact) mass is 868 g/mol. The van der Waals surface area contributed by atoms with E-state index in [4.69, 9.17) is 9.16 Å². The number of phenols is 1. The molecule has 0 spiro atoms. The van der Waals surface area contributed by atoms with Gasteiger partial charge in [0.25, 0.3) is 0 Å². The van der Waals surface area contributed by atoms with Gasteiger partial charge in [0.05, 0.1) is 15.3 Å². The maximum absolute atomic E-state index is 13.5. The molecule has 1 saturated carbocycles. The van der Waals surface area contributed by atoms with E-state index in [1.807, 2.05) is 29.0 Å². The Morgan fingerprint density at radius 3 is 2.27 bits per heavy atom. The molecule has 7 rings (SSSR count). The summed E-state index contributed by atoms with van der Waals surface area (Å²) >= 11 is 2.73. The third kappa shape index (κ3) is 9.08. The SMILES string of the molecule is CN(CCCc1cn(CCNC(C)(O[Si](C)(C)C(C)(C)C)c2ccc(O)c3[nH]c(=O)ccc23)c2ccccc12)C1CCC(OC(=O)C(O)(c2cccs2)c2cccs2)CC1. The Hall–Kier alpha value is -4.08. The minimum absolute atomic E-state index is 0.0268. The predicted molar refractivity (Wildman–Crippen MR) is 247 cm³/mol. The molecule has 0 radical (unpaired) electrons. The van der Waals surface area contributed by atoms with E-state index in [0.717, 1.165) is 62.6 Å². The number of ether oxygens (including phenoxy) is 1. The van der Waals surface area contributed by atoms with Crippen molar-refractivity contribution in [1.29, 1.82) is 0 Å². The standard InChI is InChI=1S/C47H60N4O6S2Si/c1-45(2,3)60(6,7)57-46(4,37-23-24-39(52)43-36(37)22-25-42(53)49-43)48-26-28-51-31-32(35-14-8-9-15-38(35)51)13-10-27-50(5)33-18-20-34(21-19-33)56-44(54)47(55,40-16-11-29-58-40)41-17-12-30-59-41/h8-9,11-12,14-17,22-25,29-31,33-34,48,52,55H,10,13,18-21,26-28H2,1-7H3,(H,49,53). The van der Waals surface area contributed by atoms with Crippen LogP contribution in [0, 0.1) is 0 Å². The second-order valence-corrected chi connectivity index (χ2v) is 24.6. The maximum atomic E-state index is 13.5. The average molecular weight is 869 g/mol. The molecule has 6 aromatic rings. The van der Waals surface area contributed by atoms with Crippen molar-refractivity contribution in [2.45, 2.75) is 114 Å². The van der Waals surface area contributed by atoms with Crippen LogP contribution in [0.2, 0.25) is 18.1 Å². The molecule has 1 fully saturated rings. The highest BCUT2D eigenvalue weighted by atomic mass is 32.1. The number of carbonyl (C=O) groups excluding carboxylic acids is 1. The number of pyridine rings is 1. The molecule has 60 heavy (non-hydrogen) atoms. The molecule has 4 N–H and O–H groups in total. The lowest BCUT2D eigenvalue weighted by Crippen LogP contribution is -2.54. The Labute approximate surface area is 362 Å². The molecular weight excluding hydrogens is 809 g/mol. The Morgan fingerprint density at radius 2 is 1.62 bits per heavy atom. The molecule has 1 aliphatic rings. The number of nitrogens with zero attached hydrogens (tertiary/aromatic N) is 2. The third-order valence-corrected chi connectivity index (χ3v) is 19.4. The van der Waals surface area contributed by atoms with Crippen LogP contribution >= 0.6 is 22.7 Å². The van der Waals surface area contributed by atoms with Gasteiger partial charge < -0.3 is 33.8 Å². The topological polar surface area (TPSA) is 129 Å². The number of para-hydroxylation sites is 1. The van der Waals surface area contributed by atoms with Gasteiger partial charge >= 0.3 is 5.97 Å². The first-order valence-electron chi connectivity index (χ1n) is 21.1. The van der Waals surface area contributed by atoms with Gasteiger partial charge in [-0.1, -0.05) is 57.2 Å². The Bertz CT molecular complexity index is 2410. The summed E-state index contributed by atoms with van der Waals surface area (Å²) < 4.78 is 15.5. The molecular formula is C47H60N4O6S2Si. The second-order valence-electron chi connectivity index (χ2n) is 18.0. The number of H-pyrrole nitrogens is 1. The number of aromatic hydroxyl groups is 1. The van der Waals surface area contributed by atoms with Crippen molar-refractivity contribution in [1.82, 2.24) is 19.8 Å². The highest BCUT2D eigenvalue weighted by Gasteiger charge is 2.46. The third-order valence-electron chi connectivity index (χ3n) is 12.9. The van der Waals surface area contributed by atoms with Crippen molar-refractivity contribution in [2.24, 2.45) is 0 Å². The van der Waals surface area contributed by atoms with Gasteiger partial charge in [-0.05, 0) is 124 Å². The highest BCUT2D eigenvalue weighted by Crippen LogP contribution is 2.43. The van der Waals surface area contributed by atoms with E-state index in [0.29, 0.717) is 27.9 Å². The van der Waals surface area contributed by atoms with Gasteiger partial charge in [-0.3, -0.25) is 10.1 Å². The zero-order valence-electron chi connectivity index (χ0n) is 35.9. The smallest absolute Gasteiger partial charge is 0.349 e. The Morgan fingerprint density at radius 1 is 0.933 bits per heavy atom. The number of aromatic nitrogens is 2. The highest BCUT2D eigenvalue weighted by molar-refractivity contribution is 7.12. The lowest BCUT2D eigenvalue weighted by Gasteiger charge is -2.45. The molecule has 13 heteroatoms. The number of thiophene rings is 2. The summed E-state index contributed by atoms with van der Waals surface area (Å²) in [4.78, 5) is 32.2. The molecule has 4 heterocycles. The molecule has 0 amide bonds. The first-order valence-corrected chi connectivity index (χ1v) is 25.8. The van der Waals surface area contributed by atoms with Gasteiger partial charge in [0.15, 0.2) is 8.32 Å². The molecule has 2 aromatic carbocycles. The number of aromatic amines is 1. The zero-order chi connectivity index (χ0) is 42.9. The van der Waals surface area contributed by atoms with Crippen LogP contribution in [0.5, 0.6) is 5.75 Å². The van der Waals surface area contributed by atoms with Crippen LogP contribution in [0.15, 0.2) is 94.5 Å². The quantitative estimate of drug-likeness (QED) is 0.0431. The minimum atomic E-state index is -2.31. The van der Waals surface area contributed by atoms with E-state index in [1.54, 1.807) is 24.3 Å². The van der Waals surface area contributed by atoms with Gasteiger partial charge in [-0.2, -0.15) is 0 Å². The summed E-state index contributed by atoms with van der Waals surface area (Å²) in [6, 6.07) is 23.1. The van der Waals surface area contributed by atoms with Crippen molar-refractivity contribution in [3.05, 3.63) is 121 Å². The van der Waals surface area contributed by atoms with Crippen LogP contribution in [0.1, 0.15) is 80.7 Å². The average Bonchev–Trinajstić information content (AvgIpc) is 4.01. The van der Waals surface area contributed by atoms with E-state index in [9.17, 15) is 19.8 Å². The summed E-state index contributed by atoms with van der Waals surface area (Å²) in [5, 5.41) is 31.9. The summed E-state index contributed by atoms with van der Waals surface area (Å²) in [6.45, 7) is 15.5. The van der Waals surface area contributed by atoms with Crippen LogP contribution in [-0.2, 0) is 38.2 Å². The molecule has 0 aliphatic heterocycles. The van der Waals surface area contributed by atoms with Crippen LogP contribution in [-0.4, -0.2) is 71.2 Å². The first-order chi connectivity index (χ1) is 28.5. The Balaban J connectivity index is 0.974. The van der Waals surface area contributed by atoms with Crippen LogP contribution in [0.25, 0.3) is 21.8 Å². The van der Waals surface area contributed by atoms with Crippen molar-refractivity contribution in [2.75, 3.05) is 20.1 Å². The molecule has 1 atom stereocenters. The number of nitrogens with one attached hydrogen (secondary N) is 2. The molecule has 1 aliphatic carbocycles. The molecule has 10 nitrogen and oxygen atoms in total. The number of esters is 1.